The van der Waals surface area contributed by atoms with Crippen LogP contribution >= 0.6 is 0 Å². The van der Waals surface area contributed by atoms with Crippen molar-refractivity contribution in [3.63, 3.8) is 0 Å². The first-order valence-corrected chi connectivity index (χ1v) is 6.84. The van der Waals surface area contributed by atoms with Gasteiger partial charge in [-0.25, -0.2) is 0 Å². The predicted octanol–water partition coefficient (Wildman–Crippen LogP) is -3.09. The molecule has 0 radical (unpaired) electrons. The van der Waals surface area contributed by atoms with Gasteiger partial charge in [0.25, 0.3) is 0 Å². The molecule has 88 valence electrons. The summed E-state index contributed by atoms with van der Waals surface area (Å²) < 4.78 is 0. The van der Waals surface area contributed by atoms with Crippen molar-refractivity contribution in [2.75, 3.05) is 46.3 Å². The number of likely N-dealkylation sites (tertiary alicyclic amines) is 1. The highest BCUT2D eigenvalue weighted by Crippen LogP contribution is 2.04. The van der Waals surface area contributed by atoms with Gasteiger partial charge in [-0.1, -0.05) is 0 Å². The van der Waals surface area contributed by atoms with Crippen molar-refractivity contribution < 1.29 is 15.1 Å². The summed E-state index contributed by atoms with van der Waals surface area (Å²) in [4.78, 5) is 3.65. The molecule has 3 heteroatoms. The van der Waals surface area contributed by atoms with Gasteiger partial charge in [0, 0.05) is 6.42 Å². The van der Waals surface area contributed by atoms with E-state index < -0.39 is 0 Å². The van der Waals surface area contributed by atoms with Crippen molar-refractivity contribution in [1.82, 2.24) is 0 Å². The second kappa shape index (κ2) is 5.83. The first-order chi connectivity index (χ1) is 7.36. The van der Waals surface area contributed by atoms with Gasteiger partial charge in [-0.05, 0) is 19.3 Å². The van der Waals surface area contributed by atoms with Gasteiger partial charge < -0.3 is 15.1 Å². The first kappa shape index (κ1) is 11.4. The molecule has 0 amide bonds. The van der Waals surface area contributed by atoms with Gasteiger partial charge in [0.15, 0.2) is 0 Å². The lowest BCUT2D eigenvalue weighted by Crippen LogP contribution is -3.21. The van der Waals surface area contributed by atoms with E-state index in [4.69, 9.17) is 0 Å². The molecule has 0 spiro atoms. The second-order valence-corrected chi connectivity index (χ2v) is 5.44. The summed E-state index contributed by atoms with van der Waals surface area (Å²) in [5, 5.41) is 2.46. The highest BCUT2D eigenvalue weighted by atomic mass is 15.2. The van der Waals surface area contributed by atoms with E-state index in [0.717, 1.165) is 6.04 Å². The van der Waals surface area contributed by atoms with Gasteiger partial charge in [0.2, 0.25) is 0 Å². The molecule has 0 aliphatic carbocycles. The largest absolute Gasteiger partial charge is 0.337 e. The number of hydrogen-bond donors (Lipinski definition) is 3. The summed E-state index contributed by atoms with van der Waals surface area (Å²) in [6.07, 6.45) is 5.87. The third-order valence-electron chi connectivity index (χ3n) is 4.32. The van der Waals surface area contributed by atoms with Gasteiger partial charge in [-0.2, -0.15) is 0 Å². The van der Waals surface area contributed by atoms with Crippen molar-refractivity contribution in [3.05, 3.63) is 0 Å². The van der Waals surface area contributed by atoms with E-state index in [0.29, 0.717) is 0 Å². The van der Waals surface area contributed by atoms with Crippen LogP contribution in [0.15, 0.2) is 0 Å². The maximum atomic E-state index is 2.46. The van der Waals surface area contributed by atoms with E-state index in [-0.39, 0.29) is 0 Å². The number of piperidine rings is 1. The summed E-state index contributed by atoms with van der Waals surface area (Å²) >= 11 is 0. The molecule has 0 aromatic rings. The number of quaternary nitrogens is 3. The summed E-state index contributed by atoms with van der Waals surface area (Å²) in [5.41, 5.74) is 0. The molecule has 2 aliphatic rings. The van der Waals surface area contributed by atoms with Gasteiger partial charge in [-0.3, -0.25) is 0 Å². The fourth-order valence-corrected chi connectivity index (χ4v) is 3.15. The Morgan fingerprint density at radius 1 is 1.13 bits per heavy atom. The molecule has 0 aromatic heterocycles. The molecule has 2 aliphatic heterocycles. The Labute approximate surface area is 93.8 Å². The van der Waals surface area contributed by atoms with Gasteiger partial charge in [0.05, 0.1) is 26.2 Å². The molecule has 4 N–H and O–H groups in total. The third kappa shape index (κ3) is 3.44. The van der Waals surface area contributed by atoms with Crippen molar-refractivity contribution in [2.45, 2.75) is 31.7 Å². The standard InChI is InChI=1S/C12H25N3/c1-14-8-3-2-4-12(14)5-9-15-10-6-13-7-11-15/h12-13H,2-11H2,1H3/p+3/t12-/m0/s1. The molecule has 2 atom stereocenters. The fourth-order valence-electron chi connectivity index (χ4n) is 3.15. The summed E-state index contributed by atoms with van der Waals surface area (Å²) in [6.45, 7) is 8.33. The van der Waals surface area contributed by atoms with Crippen LogP contribution in [0.4, 0.5) is 0 Å². The Balaban J connectivity index is 1.67. The number of piperazine rings is 1. The lowest BCUT2D eigenvalue weighted by Gasteiger charge is -2.31. The minimum absolute atomic E-state index is 0.970. The number of nitrogens with one attached hydrogen (secondary N) is 2. The lowest BCUT2D eigenvalue weighted by molar-refractivity contribution is -0.955. The maximum absolute atomic E-state index is 2.46. The van der Waals surface area contributed by atoms with Crippen molar-refractivity contribution in [1.29, 1.82) is 0 Å². The molecule has 0 bridgehead atoms. The third-order valence-corrected chi connectivity index (χ3v) is 4.32. The fraction of sp³-hybridized carbons (Fsp3) is 1.00. The molecule has 0 saturated carbocycles. The van der Waals surface area contributed by atoms with Gasteiger partial charge in [0.1, 0.15) is 26.2 Å². The smallest absolute Gasteiger partial charge is 0.127 e. The van der Waals surface area contributed by atoms with E-state index in [1.807, 2.05) is 4.90 Å². The highest BCUT2D eigenvalue weighted by molar-refractivity contribution is 4.60. The second-order valence-electron chi connectivity index (χ2n) is 5.44. The normalized spacial score (nSPS) is 34.2. The molecule has 1 unspecified atom stereocenters. The zero-order valence-electron chi connectivity index (χ0n) is 10.2. The molecule has 2 saturated heterocycles. The summed E-state index contributed by atoms with van der Waals surface area (Å²) in [5.74, 6) is 0. The monoisotopic (exact) mass is 214 g/mol. The van der Waals surface area contributed by atoms with Gasteiger partial charge in [-0.15, -0.1) is 0 Å². The van der Waals surface area contributed by atoms with Crippen LogP contribution in [-0.2, 0) is 0 Å². The average molecular weight is 214 g/mol. The van der Waals surface area contributed by atoms with Crippen LogP contribution in [0.1, 0.15) is 25.7 Å². The quantitative estimate of drug-likeness (QED) is 0.444. The van der Waals surface area contributed by atoms with Crippen molar-refractivity contribution in [2.24, 2.45) is 0 Å². The summed E-state index contributed by atoms with van der Waals surface area (Å²) in [7, 11) is 2.39. The zero-order chi connectivity index (χ0) is 10.5. The Morgan fingerprint density at radius 3 is 2.67 bits per heavy atom. The Bertz CT molecular complexity index is 178. The predicted molar refractivity (Wildman–Crippen MR) is 61.2 cm³/mol. The van der Waals surface area contributed by atoms with E-state index in [2.05, 4.69) is 12.4 Å². The first-order valence-electron chi connectivity index (χ1n) is 6.84. The molecular weight excluding hydrogens is 186 g/mol. The maximum Gasteiger partial charge on any atom is 0.127 e. The minimum atomic E-state index is 0.970. The minimum Gasteiger partial charge on any atom is -0.337 e. The van der Waals surface area contributed by atoms with E-state index >= 15 is 0 Å². The van der Waals surface area contributed by atoms with Crippen LogP contribution in [0.2, 0.25) is 0 Å². The van der Waals surface area contributed by atoms with Crippen LogP contribution < -0.4 is 15.1 Å². The molecule has 2 fully saturated rings. The molecule has 2 rings (SSSR count). The lowest BCUT2D eigenvalue weighted by atomic mass is 10.00. The van der Waals surface area contributed by atoms with Gasteiger partial charge >= 0.3 is 0 Å². The van der Waals surface area contributed by atoms with Crippen LogP contribution in [0.3, 0.4) is 0 Å². The Morgan fingerprint density at radius 2 is 1.93 bits per heavy atom. The SMILES string of the molecule is C[NH+]1CCCC[C@H]1CC[NH+]1CC[NH2+]CC1. The van der Waals surface area contributed by atoms with Crippen LogP contribution in [0.25, 0.3) is 0 Å². The molecule has 0 aromatic carbocycles. The van der Waals surface area contributed by atoms with Crippen molar-refractivity contribution >= 4 is 0 Å². The van der Waals surface area contributed by atoms with Crippen LogP contribution in [0.5, 0.6) is 0 Å². The summed E-state index contributed by atoms with van der Waals surface area (Å²) in [6, 6.07) is 0.970. The van der Waals surface area contributed by atoms with Crippen molar-refractivity contribution in [3.8, 4) is 0 Å². The topological polar surface area (TPSA) is 25.5 Å². The molecule has 15 heavy (non-hydrogen) atoms. The van der Waals surface area contributed by atoms with Crippen LogP contribution in [0, 0.1) is 0 Å². The Kier molecular flexibility index (Phi) is 4.42. The van der Waals surface area contributed by atoms with E-state index in [1.54, 1.807) is 4.90 Å². The molecule has 2 heterocycles. The zero-order valence-corrected chi connectivity index (χ0v) is 10.2. The van der Waals surface area contributed by atoms with E-state index in [1.165, 1.54) is 65.0 Å². The molecule has 3 nitrogen and oxygen atoms in total. The average Bonchev–Trinajstić information content (AvgIpc) is 2.29. The van der Waals surface area contributed by atoms with E-state index in [9.17, 15) is 0 Å². The number of rotatable bonds is 3. The van der Waals surface area contributed by atoms with Crippen LogP contribution in [-0.4, -0.2) is 52.4 Å². The highest BCUT2D eigenvalue weighted by Gasteiger charge is 2.25. The molecular formula is C12H28N3+3. The number of nitrogens with two attached hydrogens (primary N) is 1. The number of hydrogen-bond acceptors (Lipinski definition) is 0. The Hall–Kier alpha value is -0.120.